The Balaban J connectivity index is 1.91. The smallest absolute Gasteiger partial charge is 0.187 e. The average molecular weight is 375 g/mol. The van der Waals surface area contributed by atoms with E-state index in [0.29, 0.717) is 16.6 Å². The summed E-state index contributed by atoms with van der Waals surface area (Å²) in [5, 5.41) is 2.45. The molecule has 0 bridgehead atoms. The molecule has 1 fully saturated rings. The first kappa shape index (κ1) is 15.9. The van der Waals surface area contributed by atoms with E-state index in [-0.39, 0.29) is 0 Å². The molecule has 2 heterocycles. The van der Waals surface area contributed by atoms with Crippen LogP contribution in [0.1, 0.15) is 23.8 Å². The van der Waals surface area contributed by atoms with Crippen LogP contribution in [0.5, 0.6) is 0 Å². The maximum Gasteiger partial charge on any atom is 0.187 e. The Labute approximate surface area is 153 Å². The molecule has 0 saturated heterocycles. The molecule has 24 heavy (non-hydrogen) atoms. The Bertz CT molecular complexity index is 905. The number of hydrogen-bond donors (Lipinski definition) is 1. The van der Waals surface area contributed by atoms with Gasteiger partial charge in [-0.2, -0.15) is 0 Å². The Hall–Kier alpha value is -1.63. The number of aromatic nitrogens is 3. The molecule has 1 saturated carbocycles. The predicted octanol–water partition coefficient (Wildman–Crippen LogP) is 5.10. The van der Waals surface area contributed by atoms with Gasteiger partial charge in [-0.15, -0.1) is 11.3 Å². The number of benzene rings is 1. The van der Waals surface area contributed by atoms with E-state index in [1.807, 2.05) is 24.5 Å². The Morgan fingerprint density at radius 2 is 2.08 bits per heavy atom. The average Bonchev–Trinajstić information content (AvgIpc) is 3.36. The van der Waals surface area contributed by atoms with Crippen molar-refractivity contribution < 1.29 is 0 Å². The second-order valence-corrected chi connectivity index (χ2v) is 7.82. The summed E-state index contributed by atoms with van der Waals surface area (Å²) >= 11 is 9.68. The summed E-state index contributed by atoms with van der Waals surface area (Å²) in [6.45, 7) is 0. The molecule has 4 rings (SSSR count). The third-order valence-electron chi connectivity index (χ3n) is 3.90. The van der Waals surface area contributed by atoms with Gasteiger partial charge in [0.1, 0.15) is 0 Å². The van der Waals surface area contributed by atoms with Crippen molar-refractivity contribution in [3.8, 4) is 21.8 Å². The van der Waals surface area contributed by atoms with Crippen LogP contribution < -0.4 is 5.73 Å². The predicted molar refractivity (Wildman–Crippen MR) is 102 cm³/mol. The number of thiazole rings is 1. The minimum atomic E-state index is 0.547. The summed E-state index contributed by atoms with van der Waals surface area (Å²) in [7, 11) is 0. The third kappa shape index (κ3) is 2.90. The quantitative estimate of drug-likeness (QED) is 0.391. The molecule has 0 atom stereocenters. The summed E-state index contributed by atoms with van der Waals surface area (Å²) in [4.78, 5) is 14.8. The van der Waals surface area contributed by atoms with Gasteiger partial charge in [0.15, 0.2) is 5.16 Å². The zero-order valence-corrected chi connectivity index (χ0v) is 15.4. The maximum atomic E-state index is 6.45. The lowest BCUT2D eigenvalue weighted by Crippen LogP contribution is -1.92. The molecular formula is C17H15ClN4S2. The van der Waals surface area contributed by atoms with Crippen molar-refractivity contribution in [2.45, 2.75) is 23.9 Å². The molecule has 0 unspecified atom stereocenters. The summed E-state index contributed by atoms with van der Waals surface area (Å²) in [6.07, 6.45) is 6.17. The van der Waals surface area contributed by atoms with Gasteiger partial charge in [-0.1, -0.05) is 35.5 Å². The van der Waals surface area contributed by atoms with Gasteiger partial charge in [0.25, 0.3) is 0 Å². The van der Waals surface area contributed by atoms with Gasteiger partial charge in [-0.05, 0) is 31.2 Å². The van der Waals surface area contributed by atoms with Crippen LogP contribution in [0.25, 0.3) is 21.8 Å². The molecule has 0 spiro atoms. The van der Waals surface area contributed by atoms with Crippen LogP contribution in [-0.4, -0.2) is 21.2 Å². The molecule has 4 nitrogen and oxygen atoms in total. The number of rotatable bonds is 4. The Morgan fingerprint density at radius 1 is 1.25 bits per heavy atom. The second-order valence-electron chi connectivity index (χ2n) is 5.64. The first-order valence-electron chi connectivity index (χ1n) is 7.60. The molecule has 0 aliphatic heterocycles. The van der Waals surface area contributed by atoms with Crippen LogP contribution in [0, 0.1) is 0 Å². The molecule has 122 valence electrons. The lowest BCUT2D eigenvalue weighted by Gasteiger charge is -2.07. The molecule has 7 heteroatoms. The van der Waals surface area contributed by atoms with Crippen molar-refractivity contribution in [3.63, 3.8) is 0 Å². The van der Waals surface area contributed by atoms with Crippen molar-refractivity contribution >= 4 is 40.4 Å². The fraction of sp³-hybridized carbons (Fsp3) is 0.235. The standard InChI is InChI=1S/C17H15ClN4S2/c1-23-17-20-8-7-12(21-17)15-14(22-16(24-15)9-5-6-9)10-3-2-4-11(19)13(10)18/h2-4,7-9H,5-6,19H2,1H3. The van der Waals surface area contributed by atoms with Crippen LogP contribution in [-0.2, 0) is 0 Å². The number of hydrogen-bond acceptors (Lipinski definition) is 6. The SMILES string of the molecule is CSc1nccc(-c2sc(C3CC3)nc2-c2cccc(N)c2Cl)n1. The van der Waals surface area contributed by atoms with Gasteiger partial charge in [0, 0.05) is 17.7 Å². The van der Waals surface area contributed by atoms with Crippen molar-refractivity contribution in [1.82, 2.24) is 15.0 Å². The molecular weight excluding hydrogens is 360 g/mol. The zero-order valence-electron chi connectivity index (χ0n) is 13.0. The highest BCUT2D eigenvalue weighted by molar-refractivity contribution is 7.98. The van der Waals surface area contributed by atoms with Crippen molar-refractivity contribution in [2.24, 2.45) is 0 Å². The van der Waals surface area contributed by atoms with E-state index in [1.165, 1.54) is 24.6 Å². The largest absolute Gasteiger partial charge is 0.398 e. The number of thioether (sulfide) groups is 1. The zero-order chi connectivity index (χ0) is 16.7. The molecule has 1 aliphatic carbocycles. The minimum Gasteiger partial charge on any atom is -0.398 e. The van der Waals surface area contributed by atoms with Crippen LogP contribution in [0.2, 0.25) is 5.02 Å². The first-order valence-corrected chi connectivity index (χ1v) is 10.0. The molecule has 2 aromatic heterocycles. The van der Waals surface area contributed by atoms with E-state index in [0.717, 1.165) is 32.0 Å². The maximum absolute atomic E-state index is 6.45. The molecule has 2 N–H and O–H groups in total. The molecule has 3 aromatic rings. The highest BCUT2D eigenvalue weighted by Gasteiger charge is 2.30. The Kier molecular flexibility index (Phi) is 4.20. The molecule has 1 aliphatic rings. The number of halogens is 1. The normalized spacial score (nSPS) is 14.1. The van der Waals surface area contributed by atoms with Crippen molar-refractivity contribution in [3.05, 3.63) is 40.5 Å². The van der Waals surface area contributed by atoms with Crippen molar-refractivity contribution in [2.75, 3.05) is 12.0 Å². The summed E-state index contributed by atoms with van der Waals surface area (Å²) in [5.41, 5.74) is 9.16. The number of anilines is 1. The van der Waals surface area contributed by atoms with Gasteiger partial charge in [0.05, 0.1) is 32.0 Å². The fourth-order valence-corrected chi connectivity index (χ4v) is 4.29. The van der Waals surface area contributed by atoms with Gasteiger partial charge < -0.3 is 5.73 Å². The lowest BCUT2D eigenvalue weighted by atomic mass is 10.1. The number of nitrogens with zero attached hydrogens (tertiary/aromatic N) is 3. The van der Waals surface area contributed by atoms with E-state index < -0.39 is 0 Å². The second kappa shape index (κ2) is 6.35. The van der Waals surface area contributed by atoms with Crippen molar-refractivity contribution in [1.29, 1.82) is 0 Å². The molecule has 1 aromatic carbocycles. The summed E-state index contributed by atoms with van der Waals surface area (Å²) < 4.78 is 0. The van der Waals surface area contributed by atoms with Gasteiger partial charge in [0.2, 0.25) is 0 Å². The van der Waals surface area contributed by atoms with E-state index in [1.54, 1.807) is 23.6 Å². The van der Waals surface area contributed by atoms with E-state index >= 15 is 0 Å². The first-order chi connectivity index (χ1) is 11.7. The highest BCUT2D eigenvalue weighted by atomic mass is 35.5. The van der Waals surface area contributed by atoms with Crippen LogP contribution in [0.15, 0.2) is 35.6 Å². The van der Waals surface area contributed by atoms with Gasteiger partial charge in [-0.25, -0.2) is 15.0 Å². The summed E-state index contributed by atoms with van der Waals surface area (Å²) in [5.74, 6) is 0.573. The van der Waals surface area contributed by atoms with Crippen LogP contribution >= 0.6 is 34.7 Å². The Morgan fingerprint density at radius 3 is 2.83 bits per heavy atom. The van der Waals surface area contributed by atoms with Gasteiger partial charge in [-0.3, -0.25) is 0 Å². The van der Waals surface area contributed by atoms with Gasteiger partial charge >= 0.3 is 0 Å². The van der Waals surface area contributed by atoms with E-state index in [2.05, 4.69) is 9.97 Å². The van der Waals surface area contributed by atoms with E-state index in [4.69, 9.17) is 22.3 Å². The minimum absolute atomic E-state index is 0.547. The number of nitrogen functional groups attached to an aromatic ring is 1. The lowest BCUT2D eigenvalue weighted by molar-refractivity contribution is 0.978. The van der Waals surface area contributed by atoms with E-state index in [9.17, 15) is 0 Å². The van der Waals surface area contributed by atoms with Crippen LogP contribution in [0.4, 0.5) is 5.69 Å². The fourth-order valence-electron chi connectivity index (χ4n) is 2.50. The summed E-state index contributed by atoms with van der Waals surface area (Å²) in [6, 6.07) is 7.60. The monoisotopic (exact) mass is 374 g/mol. The molecule has 0 radical (unpaired) electrons. The highest BCUT2D eigenvalue weighted by Crippen LogP contribution is 2.48. The third-order valence-corrected chi connectivity index (χ3v) is 6.13. The topological polar surface area (TPSA) is 64.7 Å². The number of nitrogens with two attached hydrogens (primary N) is 1. The molecule has 0 amide bonds. The van der Waals surface area contributed by atoms with Crippen LogP contribution in [0.3, 0.4) is 0 Å².